The summed E-state index contributed by atoms with van der Waals surface area (Å²) >= 11 is 3.11. The van der Waals surface area contributed by atoms with E-state index in [-0.39, 0.29) is 41.0 Å². The van der Waals surface area contributed by atoms with Crippen molar-refractivity contribution < 1.29 is 19.5 Å². The van der Waals surface area contributed by atoms with Crippen LogP contribution in [0, 0.1) is 23.7 Å². The number of thiazole rings is 1. The van der Waals surface area contributed by atoms with E-state index in [2.05, 4.69) is 17.1 Å². The number of carbonyl (C=O) groups is 3. The fraction of sp³-hybridized carbons (Fsp3) is 0.250. The molecule has 1 aliphatic heterocycles. The van der Waals surface area contributed by atoms with Crippen molar-refractivity contribution in [2.24, 2.45) is 23.7 Å². The number of allylic oxidation sites excluding steroid dienone is 2. The van der Waals surface area contributed by atoms with Gasteiger partial charge in [0.05, 0.1) is 33.3 Å². The third-order valence-electron chi connectivity index (χ3n) is 6.64. The van der Waals surface area contributed by atoms with Gasteiger partial charge < -0.3 is 5.11 Å². The molecule has 1 N–H and O–H groups in total. The summed E-state index contributed by atoms with van der Waals surface area (Å²) in [4.78, 5) is 43.2. The van der Waals surface area contributed by atoms with Gasteiger partial charge in [-0.2, -0.15) is 0 Å². The number of anilines is 1. The van der Waals surface area contributed by atoms with Crippen molar-refractivity contribution in [3.8, 4) is 0 Å². The van der Waals surface area contributed by atoms with Crippen molar-refractivity contribution in [2.75, 3.05) is 4.90 Å². The minimum Gasteiger partial charge on any atom is -0.478 e. The Hall–Kier alpha value is -2.97. The van der Waals surface area contributed by atoms with Gasteiger partial charge in [-0.05, 0) is 54.2 Å². The molecule has 0 unspecified atom stereocenters. The number of amides is 2. The Kier molecular flexibility index (Phi) is 4.48. The van der Waals surface area contributed by atoms with Crippen LogP contribution in [-0.2, 0) is 15.3 Å². The summed E-state index contributed by atoms with van der Waals surface area (Å²) in [7, 11) is 0. The second-order valence-corrected chi connectivity index (χ2v) is 10.7. The van der Waals surface area contributed by atoms with Crippen molar-refractivity contribution in [1.82, 2.24) is 4.98 Å². The molecule has 2 amide bonds. The van der Waals surface area contributed by atoms with Crippen LogP contribution in [0.5, 0.6) is 0 Å². The Morgan fingerprint density at radius 2 is 1.75 bits per heavy atom. The number of aromatic nitrogens is 1. The third kappa shape index (κ3) is 3.01. The summed E-state index contributed by atoms with van der Waals surface area (Å²) in [6, 6.07) is 12.4. The zero-order chi connectivity index (χ0) is 22.0. The summed E-state index contributed by atoms with van der Waals surface area (Å²) in [6.45, 7) is 0. The first kappa shape index (κ1) is 19.7. The fourth-order valence-electron chi connectivity index (χ4n) is 5.14. The predicted molar refractivity (Wildman–Crippen MR) is 123 cm³/mol. The average Bonchev–Trinajstić information content (AvgIpc) is 3.55. The van der Waals surface area contributed by atoms with Crippen molar-refractivity contribution in [3.05, 3.63) is 65.7 Å². The molecule has 0 spiro atoms. The maximum Gasteiger partial charge on any atom is 0.335 e. The molecular weight excluding hydrogens is 444 g/mol. The van der Waals surface area contributed by atoms with E-state index in [9.17, 15) is 14.4 Å². The van der Waals surface area contributed by atoms with Gasteiger partial charge in [0.2, 0.25) is 11.8 Å². The number of rotatable bonds is 5. The first-order valence-corrected chi connectivity index (χ1v) is 12.2. The van der Waals surface area contributed by atoms with Crippen LogP contribution >= 0.6 is 23.1 Å². The Balaban J connectivity index is 1.21. The second kappa shape index (κ2) is 7.28. The standard InChI is InChI=1S/C24H18N2O4S2/c27-21-19-14-5-6-15(9-14)20(19)22(28)26(21)16-7-8-17-18(10-16)32-24(25-17)31-11-12-1-3-13(4-2-12)23(29)30/h1-8,10,14-15,19-20H,9,11H2,(H,29,30)/t14-,15+,19-,20+. The van der Waals surface area contributed by atoms with E-state index in [1.54, 1.807) is 23.9 Å². The molecule has 1 saturated carbocycles. The van der Waals surface area contributed by atoms with Gasteiger partial charge in [0.1, 0.15) is 0 Å². The summed E-state index contributed by atoms with van der Waals surface area (Å²) in [5, 5.41) is 9.01. The SMILES string of the molecule is O=C(O)c1ccc(CSc2nc3ccc(N4C(=O)[C@@H]5[C@H](C4=O)[C@@H]4C=C[C@H]5C4)cc3s2)cc1. The quantitative estimate of drug-likeness (QED) is 0.339. The van der Waals surface area contributed by atoms with Crippen LogP contribution in [0.2, 0.25) is 0 Å². The van der Waals surface area contributed by atoms with Gasteiger partial charge >= 0.3 is 5.97 Å². The molecule has 1 saturated heterocycles. The number of carboxylic acid groups (broad SMARTS) is 1. The van der Waals surface area contributed by atoms with E-state index in [4.69, 9.17) is 5.11 Å². The van der Waals surface area contributed by atoms with Crippen LogP contribution in [-0.4, -0.2) is 27.9 Å². The fourth-order valence-corrected chi connectivity index (χ4v) is 7.20. The lowest BCUT2D eigenvalue weighted by molar-refractivity contribution is -0.123. The molecule has 4 atom stereocenters. The number of hydrogen-bond donors (Lipinski definition) is 1. The maximum absolute atomic E-state index is 13.1. The smallest absolute Gasteiger partial charge is 0.335 e. The van der Waals surface area contributed by atoms with Crippen molar-refractivity contribution in [1.29, 1.82) is 0 Å². The molecule has 2 heterocycles. The maximum atomic E-state index is 13.1. The summed E-state index contributed by atoms with van der Waals surface area (Å²) in [6.07, 6.45) is 5.13. The van der Waals surface area contributed by atoms with Gasteiger partial charge in [0.25, 0.3) is 0 Å². The first-order valence-electron chi connectivity index (χ1n) is 10.4. The Labute approximate surface area is 191 Å². The highest BCUT2D eigenvalue weighted by molar-refractivity contribution is 8.00. The van der Waals surface area contributed by atoms with E-state index in [0.29, 0.717) is 11.4 Å². The van der Waals surface area contributed by atoms with Crippen LogP contribution in [0.1, 0.15) is 22.3 Å². The minimum atomic E-state index is -0.936. The molecule has 1 aromatic heterocycles. The number of fused-ring (bicyclic) bond motifs is 6. The van der Waals surface area contributed by atoms with E-state index in [0.717, 1.165) is 26.5 Å². The Morgan fingerprint density at radius 1 is 1.06 bits per heavy atom. The molecule has 3 aliphatic rings. The van der Waals surface area contributed by atoms with E-state index < -0.39 is 5.97 Å². The lowest BCUT2D eigenvalue weighted by Gasteiger charge is -2.17. The number of hydrogen-bond acceptors (Lipinski definition) is 6. The zero-order valence-electron chi connectivity index (χ0n) is 16.8. The van der Waals surface area contributed by atoms with Gasteiger partial charge in [-0.25, -0.2) is 14.7 Å². The van der Waals surface area contributed by atoms with Gasteiger partial charge in [0.15, 0.2) is 4.34 Å². The highest BCUT2D eigenvalue weighted by Gasteiger charge is 2.59. The number of imide groups is 1. The Morgan fingerprint density at radius 3 is 2.41 bits per heavy atom. The van der Waals surface area contributed by atoms with Gasteiger partial charge in [0, 0.05) is 5.75 Å². The number of thioether (sulfide) groups is 1. The van der Waals surface area contributed by atoms with Gasteiger partial charge in [-0.15, -0.1) is 11.3 Å². The third-order valence-corrected chi connectivity index (χ3v) is 8.88. The molecule has 8 heteroatoms. The lowest BCUT2D eigenvalue weighted by Crippen LogP contribution is -2.32. The van der Waals surface area contributed by atoms with Crippen LogP contribution in [0.25, 0.3) is 10.2 Å². The molecule has 2 bridgehead atoms. The van der Waals surface area contributed by atoms with Crippen LogP contribution < -0.4 is 4.90 Å². The topological polar surface area (TPSA) is 87.6 Å². The zero-order valence-corrected chi connectivity index (χ0v) is 18.4. The van der Waals surface area contributed by atoms with Crippen LogP contribution in [0.4, 0.5) is 5.69 Å². The molecule has 0 radical (unpaired) electrons. The van der Waals surface area contributed by atoms with E-state index >= 15 is 0 Å². The number of carbonyl (C=O) groups excluding carboxylic acids is 2. The minimum absolute atomic E-state index is 0.0693. The molecular formula is C24H18N2O4S2. The molecule has 6 nitrogen and oxygen atoms in total. The van der Waals surface area contributed by atoms with Crippen LogP contribution in [0.3, 0.4) is 0 Å². The number of nitrogens with zero attached hydrogens (tertiary/aromatic N) is 2. The molecule has 2 aromatic carbocycles. The van der Waals surface area contributed by atoms with Gasteiger partial charge in [-0.1, -0.05) is 36.0 Å². The molecule has 2 aliphatic carbocycles. The largest absolute Gasteiger partial charge is 0.478 e. The normalized spacial score (nSPS) is 25.8. The second-order valence-electron chi connectivity index (χ2n) is 8.43. The van der Waals surface area contributed by atoms with Crippen LogP contribution in [0.15, 0.2) is 59.0 Å². The molecule has 2 fully saturated rings. The first-order chi connectivity index (χ1) is 15.5. The van der Waals surface area contributed by atoms with Gasteiger partial charge in [-0.3, -0.25) is 9.59 Å². The number of aromatic carboxylic acids is 1. The Bertz CT molecular complexity index is 1280. The monoisotopic (exact) mass is 462 g/mol. The lowest BCUT2D eigenvalue weighted by atomic mass is 9.85. The van der Waals surface area contributed by atoms with Crippen molar-refractivity contribution in [2.45, 2.75) is 16.5 Å². The molecule has 160 valence electrons. The molecule has 32 heavy (non-hydrogen) atoms. The predicted octanol–water partition coefficient (Wildman–Crippen LogP) is 4.60. The molecule has 3 aromatic rings. The van der Waals surface area contributed by atoms with E-state index in [1.165, 1.54) is 16.2 Å². The number of benzene rings is 2. The van der Waals surface area contributed by atoms with Crippen molar-refractivity contribution in [3.63, 3.8) is 0 Å². The van der Waals surface area contributed by atoms with Crippen molar-refractivity contribution >= 4 is 56.8 Å². The summed E-state index contributed by atoms with van der Waals surface area (Å²) in [5.74, 6) is -0.401. The summed E-state index contributed by atoms with van der Waals surface area (Å²) < 4.78 is 1.82. The highest BCUT2D eigenvalue weighted by atomic mass is 32.2. The number of carboxylic acids is 1. The average molecular weight is 463 g/mol. The highest BCUT2D eigenvalue weighted by Crippen LogP contribution is 2.53. The molecule has 6 rings (SSSR count). The van der Waals surface area contributed by atoms with E-state index in [1.807, 2.05) is 30.3 Å². The summed E-state index contributed by atoms with van der Waals surface area (Å²) in [5.41, 5.74) is 2.75.